The van der Waals surface area contributed by atoms with Crippen LogP contribution in [0.15, 0.2) is 47.1 Å². The molecule has 0 radical (unpaired) electrons. The zero-order valence-electron chi connectivity index (χ0n) is 14.1. The van der Waals surface area contributed by atoms with Crippen LogP contribution in [0, 0.1) is 0 Å². The smallest absolute Gasteiger partial charge is 0.287 e. The van der Waals surface area contributed by atoms with Crippen LogP contribution in [0.25, 0.3) is 0 Å². The van der Waals surface area contributed by atoms with E-state index in [1.54, 1.807) is 31.0 Å². The van der Waals surface area contributed by atoms with Crippen LogP contribution in [0.5, 0.6) is 5.75 Å². The largest absolute Gasteiger partial charge is 0.494 e. The SMILES string of the molecule is CCOc1ccc(CN(C)C(=O)[C@H](C)NC(=O)c2ccco2)cc1. The van der Waals surface area contributed by atoms with Crippen LogP contribution in [0.4, 0.5) is 0 Å². The number of benzene rings is 1. The molecule has 0 aliphatic heterocycles. The van der Waals surface area contributed by atoms with Gasteiger partial charge in [-0.3, -0.25) is 9.59 Å². The van der Waals surface area contributed by atoms with Crippen molar-refractivity contribution in [2.75, 3.05) is 13.7 Å². The van der Waals surface area contributed by atoms with E-state index in [1.807, 2.05) is 31.2 Å². The predicted molar refractivity (Wildman–Crippen MR) is 89.7 cm³/mol. The third kappa shape index (κ3) is 4.62. The molecule has 2 rings (SSSR count). The molecule has 2 aromatic rings. The number of hydrogen-bond acceptors (Lipinski definition) is 4. The molecule has 1 aromatic heterocycles. The number of ether oxygens (including phenoxy) is 1. The molecule has 6 heteroatoms. The van der Waals surface area contributed by atoms with Crippen molar-refractivity contribution in [1.29, 1.82) is 0 Å². The summed E-state index contributed by atoms with van der Waals surface area (Å²) in [4.78, 5) is 25.9. The van der Waals surface area contributed by atoms with Gasteiger partial charge in [-0.15, -0.1) is 0 Å². The van der Waals surface area contributed by atoms with Crippen molar-refractivity contribution in [2.24, 2.45) is 0 Å². The molecule has 0 saturated carbocycles. The van der Waals surface area contributed by atoms with Gasteiger partial charge in [0.1, 0.15) is 11.8 Å². The second kappa shape index (κ2) is 8.19. The molecule has 6 nitrogen and oxygen atoms in total. The average Bonchev–Trinajstić information content (AvgIpc) is 3.10. The molecule has 0 saturated heterocycles. The Balaban J connectivity index is 1.89. The normalized spacial score (nSPS) is 11.6. The molecule has 1 aromatic carbocycles. The van der Waals surface area contributed by atoms with Crippen molar-refractivity contribution in [1.82, 2.24) is 10.2 Å². The lowest BCUT2D eigenvalue weighted by molar-refractivity contribution is -0.132. The van der Waals surface area contributed by atoms with Gasteiger partial charge in [0.05, 0.1) is 12.9 Å². The Morgan fingerprint density at radius 3 is 2.54 bits per heavy atom. The van der Waals surface area contributed by atoms with E-state index in [9.17, 15) is 9.59 Å². The number of carbonyl (C=O) groups is 2. The van der Waals surface area contributed by atoms with Crippen LogP contribution < -0.4 is 10.1 Å². The van der Waals surface area contributed by atoms with Crippen LogP contribution in [-0.2, 0) is 11.3 Å². The number of amides is 2. The number of likely N-dealkylation sites (N-methyl/N-ethyl adjacent to an activating group) is 1. The molecule has 128 valence electrons. The summed E-state index contributed by atoms with van der Waals surface area (Å²) in [5.41, 5.74) is 0.985. The van der Waals surface area contributed by atoms with Crippen molar-refractivity contribution in [2.45, 2.75) is 26.4 Å². The molecule has 0 bridgehead atoms. The van der Waals surface area contributed by atoms with Gasteiger partial charge in [-0.1, -0.05) is 12.1 Å². The highest BCUT2D eigenvalue weighted by Gasteiger charge is 2.21. The number of rotatable bonds is 7. The Morgan fingerprint density at radius 2 is 1.96 bits per heavy atom. The second-order valence-corrected chi connectivity index (χ2v) is 5.44. The Morgan fingerprint density at radius 1 is 1.25 bits per heavy atom. The lowest BCUT2D eigenvalue weighted by Gasteiger charge is -2.22. The topological polar surface area (TPSA) is 71.8 Å². The molecular weight excluding hydrogens is 308 g/mol. The fourth-order valence-corrected chi connectivity index (χ4v) is 2.28. The van der Waals surface area contributed by atoms with Crippen molar-refractivity contribution in [3.05, 3.63) is 54.0 Å². The fourth-order valence-electron chi connectivity index (χ4n) is 2.28. The van der Waals surface area contributed by atoms with Crippen LogP contribution in [0.2, 0.25) is 0 Å². The summed E-state index contributed by atoms with van der Waals surface area (Å²) in [6.07, 6.45) is 1.42. The van der Waals surface area contributed by atoms with Gasteiger partial charge in [-0.25, -0.2) is 0 Å². The highest BCUT2D eigenvalue weighted by Crippen LogP contribution is 2.13. The van der Waals surface area contributed by atoms with Gasteiger partial charge < -0.3 is 19.4 Å². The molecular formula is C18H22N2O4. The summed E-state index contributed by atoms with van der Waals surface area (Å²) < 4.78 is 10.4. The van der Waals surface area contributed by atoms with Crippen LogP contribution in [-0.4, -0.2) is 36.4 Å². The first kappa shape index (κ1) is 17.6. The van der Waals surface area contributed by atoms with Crippen molar-refractivity contribution < 1.29 is 18.7 Å². The Hall–Kier alpha value is -2.76. The Bertz CT molecular complexity index is 665. The minimum Gasteiger partial charge on any atom is -0.494 e. The van der Waals surface area contributed by atoms with E-state index in [0.29, 0.717) is 13.2 Å². The molecule has 0 spiro atoms. The van der Waals surface area contributed by atoms with Gasteiger partial charge in [0.15, 0.2) is 5.76 Å². The summed E-state index contributed by atoms with van der Waals surface area (Å²) >= 11 is 0. The third-order valence-electron chi connectivity index (χ3n) is 3.49. The van der Waals surface area contributed by atoms with Crippen molar-refractivity contribution in [3.63, 3.8) is 0 Å². The second-order valence-electron chi connectivity index (χ2n) is 5.44. The van der Waals surface area contributed by atoms with E-state index < -0.39 is 11.9 Å². The molecule has 24 heavy (non-hydrogen) atoms. The van der Waals surface area contributed by atoms with Gasteiger partial charge in [0.2, 0.25) is 5.91 Å². The summed E-state index contributed by atoms with van der Waals surface area (Å²) in [5.74, 6) is 0.400. The van der Waals surface area contributed by atoms with Gasteiger partial charge in [-0.05, 0) is 43.7 Å². The molecule has 0 fully saturated rings. The first-order valence-electron chi connectivity index (χ1n) is 7.82. The molecule has 0 aliphatic carbocycles. The molecule has 1 N–H and O–H groups in total. The summed E-state index contributed by atoms with van der Waals surface area (Å²) in [7, 11) is 1.70. The lowest BCUT2D eigenvalue weighted by Crippen LogP contribution is -2.45. The standard InChI is InChI=1S/C18H22N2O4/c1-4-23-15-9-7-14(8-10-15)12-20(3)18(22)13(2)19-17(21)16-6-5-11-24-16/h5-11,13H,4,12H2,1-3H3,(H,19,21)/t13-/m0/s1. The van der Waals surface area contributed by atoms with Crippen LogP contribution in [0.1, 0.15) is 30.0 Å². The van der Waals surface area contributed by atoms with E-state index in [0.717, 1.165) is 11.3 Å². The summed E-state index contributed by atoms with van der Waals surface area (Å²) in [6, 6.07) is 10.1. The zero-order chi connectivity index (χ0) is 17.5. The highest BCUT2D eigenvalue weighted by molar-refractivity contribution is 5.95. The number of nitrogens with zero attached hydrogens (tertiary/aromatic N) is 1. The highest BCUT2D eigenvalue weighted by atomic mass is 16.5. The average molecular weight is 330 g/mol. The predicted octanol–water partition coefficient (Wildman–Crippen LogP) is 2.46. The first-order chi connectivity index (χ1) is 11.5. The van der Waals surface area contributed by atoms with Gasteiger partial charge in [0.25, 0.3) is 5.91 Å². The molecule has 1 atom stereocenters. The molecule has 0 unspecified atom stereocenters. The Kier molecular flexibility index (Phi) is 6.01. The minimum absolute atomic E-state index is 0.177. The van der Waals surface area contributed by atoms with Gasteiger partial charge in [0, 0.05) is 13.6 Å². The molecule has 2 amide bonds. The molecule has 1 heterocycles. The zero-order valence-corrected chi connectivity index (χ0v) is 14.1. The lowest BCUT2D eigenvalue weighted by atomic mass is 10.2. The monoisotopic (exact) mass is 330 g/mol. The quantitative estimate of drug-likeness (QED) is 0.846. The first-order valence-corrected chi connectivity index (χ1v) is 7.82. The van der Waals surface area contributed by atoms with Crippen LogP contribution >= 0.6 is 0 Å². The minimum atomic E-state index is -0.643. The number of furan rings is 1. The maximum Gasteiger partial charge on any atom is 0.287 e. The van der Waals surface area contributed by atoms with E-state index in [-0.39, 0.29) is 11.7 Å². The van der Waals surface area contributed by atoms with Crippen molar-refractivity contribution >= 4 is 11.8 Å². The summed E-state index contributed by atoms with van der Waals surface area (Å²) in [5, 5.41) is 2.63. The Labute approximate surface area is 141 Å². The van der Waals surface area contributed by atoms with E-state index in [4.69, 9.17) is 9.15 Å². The maximum absolute atomic E-state index is 12.4. The van der Waals surface area contributed by atoms with Gasteiger partial charge in [-0.2, -0.15) is 0 Å². The number of carbonyl (C=O) groups excluding carboxylic acids is 2. The maximum atomic E-state index is 12.4. The molecule has 0 aliphatic rings. The van der Waals surface area contributed by atoms with E-state index >= 15 is 0 Å². The number of nitrogens with one attached hydrogen (secondary N) is 1. The van der Waals surface area contributed by atoms with E-state index in [2.05, 4.69) is 5.32 Å². The summed E-state index contributed by atoms with van der Waals surface area (Å²) in [6.45, 7) is 4.65. The third-order valence-corrected chi connectivity index (χ3v) is 3.49. The van der Waals surface area contributed by atoms with E-state index in [1.165, 1.54) is 6.26 Å². The van der Waals surface area contributed by atoms with Crippen LogP contribution in [0.3, 0.4) is 0 Å². The number of hydrogen-bond donors (Lipinski definition) is 1. The van der Waals surface area contributed by atoms with Crippen molar-refractivity contribution in [3.8, 4) is 5.75 Å². The fraction of sp³-hybridized carbons (Fsp3) is 0.333. The van der Waals surface area contributed by atoms with Gasteiger partial charge >= 0.3 is 0 Å².